The summed E-state index contributed by atoms with van der Waals surface area (Å²) in [5, 5.41) is 2.69. The monoisotopic (exact) mass is 305 g/mol. The first-order chi connectivity index (χ1) is 10.2. The first kappa shape index (κ1) is 17.8. The van der Waals surface area contributed by atoms with Crippen LogP contribution in [0.3, 0.4) is 0 Å². The van der Waals surface area contributed by atoms with Crippen molar-refractivity contribution in [1.29, 1.82) is 0 Å². The lowest BCUT2D eigenvalue weighted by molar-refractivity contribution is -0.144. The molecule has 0 spiro atoms. The molecule has 1 N–H and O–H groups in total. The predicted molar refractivity (Wildman–Crippen MR) is 85.6 cm³/mol. The number of hydrogen-bond donors (Lipinski definition) is 1. The third-order valence-corrected chi connectivity index (χ3v) is 2.56. The third kappa shape index (κ3) is 5.99. The van der Waals surface area contributed by atoms with Crippen molar-refractivity contribution < 1.29 is 19.1 Å². The fourth-order valence-electron chi connectivity index (χ4n) is 1.83. The molecule has 1 unspecified atom stereocenters. The van der Waals surface area contributed by atoms with E-state index < -0.39 is 23.8 Å². The van der Waals surface area contributed by atoms with Gasteiger partial charge in [0.2, 0.25) is 0 Å². The van der Waals surface area contributed by atoms with Gasteiger partial charge in [0, 0.05) is 12.5 Å². The molecule has 0 radical (unpaired) electrons. The predicted octanol–water partition coefficient (Wildman–Crippen LogP) is 4.21. The van der Waals surface area contributed by atoms with E-state index in [4.69, 9.17) is 9.47 Å². The minimum absolute atomic E-state index is 0.393. The van der Waals surface area contributed by atoms with E-state index >= 15 is 0 Å². The van der Waals surface area contributed by atoms with E-state index in [0.29, 0.717) is 11.3 Å². The second-order valence-electron chi connectivity index (χ2n) is 5.77. The molecule has 5 nitrogen and oxygen atoms in total. The zero-order valence-corrected chi connectivity index (χ0v) is 13.7. The first-order valence-corrected chi connectivity index (χ1v) is 7.12. The Bertz CT molecular complexity index is 558. The van der Waals surface area contributed by atoms with Crippen LogP contribution in [0.4, 0.5) is 10.5 Å². The van der Waals surface area contributed by atoms with Crippen molar-refractivity contribution in [3.05, 3.63) is 42.0 Å². The van der Waals surface area contributed by atoms with E-state index in [1.54, 1.807) is 51.1 Å². The summed E-state index contributed by atoms with van der Waals surface area (Å²) in [6.45, 7) is 8.56. The van der Waals surface area contributed by atoms with Crippen LogP contribution in [0.15, 0.2) is 36.4 Å². The SMILES string of the molecule is C/C=C/C(OC(C)=O)c1ccccc1NC(=O)OC(C)(C)C. The van der Waals surface area contributed by atoms with E-state index in [-0.39, 0.29) is 0 Å². The average molecular weight is 305 g/mol. The number of amides is 1. The van der Waals surface area contributed by atoms with E-state index in [9.17, 15) is 9.59 Å². The van der Waals surface area contributed by atoms with Gasteiger partial charge in [0.05, 0.1) is 5.69 Å². The van der Waals surface area contributed by atoms with Crippen LogP contribution in [0.1, 0.15) is 46.3 Å². The van der Waals surface area contributed by atoms with Crippen molar-refractivity contribution in [2.24, 2.45) is 0 Å². The molecule has 22 heavy (non-hydrogen) atoms. The number of hydrogen-bond acceptors (Lipinski definition) is 4. The number of allylic oxidation sites excluding steroid dienone is 1. The maximum Gasteiger partial charge on any atom is 0.412 e. The Hall–Kier alpha value is -2.30. The van der Waals surface area contributed by atoms with Crippen LogP contribution < -0.4 is 5.32 Å². The first-order valence-electron chi connectivity index (χ1n) is 7.12. The molecule has 0 aliphatic heterocycles. The number of benzene rings is 1. The van der Waals surface area contributed by atoms with Gasteiger partial charge in [-0.15, -0.1) is 0 Å². The Morgan fingerprint density at radius 1 is 1.23 bits per heavy atom. The molecule has 0 aliphatic carbocycles. The molecule has 1 aromatic rings. The van der Waals surface area contributed by atoms with Crippen LogP contribution in [0.2, 0.25) is 0 Å². The molecule has 0 saturated heterocycles. The number of carbonyl (C=O) groups is 2. The molecular formula is C17H23NO4. The summed E-state index contributed by atoms with van der Waals surface area (Å²) in [7, 11) is 0. The quantitative estimate of drug-likeness (QED) is 0.668. The molecule has 5 heteroatoms. The van der Waals surface area contributed by atoms with Gasteiger partial charge in [-0.25, -0.2) is 4.79 Å². The smallest absolute Gasteiger partial charge is 0.412 e. The van der Waals surface area contributed by atoms with Gasteiger partial charge in [0.25, 0.3) is 0 Å². The van der Waals surface area contributed by atoms with Crippen LogP contribution in [0, 0.1) is 0 Å². The number of para-hydroxylation sites is 1. The van der Waals surface area contributed by atoms with Crippen molar-refractivity contribution >= 4 is 17.7 Å². The second kappa shape index (κ2) is 7.64. The summed E-state index contributed by atoms with van der Waals surface area (Å²) in [5.74, 6) is -0.393. The van der Waals surface area contributed by atoms with Gasteiger partial charge >= 0.3 is 12.1 Å². The van der Waals surface area contributed by atoms with Gasteiger partial charge in [-0.1, -0.05) is 24.3 Å². The van der Waals surface area contributed by atoms with Gasteiger partial charge in [0.1, 0.15) is 11.7 Å². The lowest BCUT2D eigenvalue weighted by Crippen LogP contribution is -2.27. The maximum absolute atomic E-state index is 11.9. The number of esters is 1. The number of ether oxygens (including phenoxy) is 2. The van der Waals surface area contributed by atoms with Gasteiger partial charge in [-0.3, -0.25) is 10.1 Å². The summed E-state index contributed by atoms with van der Waals surface area (Å²) in [6, 6.07) is 7.13. The zero-order chi connectivity index (χ0) is 16.8. The van der Waals surface area contributed by atoms with Crippen LogP contribution in [0.5, 0.6) is 0 Å². The average Bonchev–Trinajstić information content (AvgIpc) is 2.36. The van der Waals surface area contributed by atoms with Gasteiger partial charge in [0.15, 0.2) is 0 Å². The van der Waals surface area contributed by atoms with Crippen LogP contribution in [-0.2, 0) is 14.3 Å². The molecular weight excluding hydrogens is 282 g/mol. The van der Waals surface area contributed by atoms with Crippen molar-refractivity contribution in [2.75, 3.05) is 5.32 Å². The zero-order valence-electron chi connectivity index (χ0n) is 13.7. The molecule has 0 heterocycles. The van der Waals surface area contributed by atoms with Crippen molar-refractivity contribution in [3.8, 4) is 0 Å². The van der Waals surface area contributed by atoms with E-state index in [1.807, 2.05) is 13.0 Å². The number of anilines is 1. The normalized spacial score (nSPS) is 12.8. The van der Waals surface area contributed by atoms with Gasteiger partial charge in [-0.05, 0) is 39.8 Å². The van der Waals surface area contributed by atoms with E-state index in [0.717, 1.165) is 0 Å². The Morgan fingerprint density at radius 2 is 1.86 bits per heavy atom. The largest absolute Gasteiger partial charge is 0.453 e. The molecule has 0 fully saturated rings. The summed E-state index contributed by atoms with van der Waals surface area (Å²) in [6.07, 6.45) is 2.42. The molecule has 120 valence electrons. The van der Waals surface area contributed by atoms with Crippen molar-refractivity contribution in [2.45, 2.75) is 46.3 Å². The standard InChI is InChI=1S/C17H23NO4/c1-6-9-15(21-12(2)19)13-10-7-8-11-14(13)18-16(20)22-17(3,4)5/h6-11,15H,1-5H3,(H,18,20)/b9-6+. The molecule has 0 bridgehead atoms. The Morgan fingerprint density at radius 3 is 2.41 bits per heavy atom. The maximum atomic E-state index is 11.9. The van der Waals surface area contributed by atoms with Crippen LogP contribution in [-0.4, -0.2) is 17.7 Å². The highest BCUT2D eigenvalue weighted by Gasteiger charge is 2.20. The Balaban J connectivity index is 3.01. The Labute approximate surface area is 131 Å². The summed E-state index contributed by atoms with van der Waals surface area (Å²) >= 11 is 0. The van der Waals surface area contributed by atoms with Gasteiger partial charge in [-0.2, -0.15) is 0 Å². The van der Waals surface area contributed by atoms with Crippen LogP contribution >= 0.6 is 0 Å². The summed E-state index contributed by atoms with van der Waals surface area (Å²) in [5.41, 5.74) is 0.639. The molecule has 1 rings (SSSR count). The van der Waals surface area contributed by atoms with Crippen LogP contribution in [0.25, 0.3) is 0 Å². The highest BCUT2D eigenvalue weighted by molar-refractivity contribution is 5.86. The minimum atomic E-state index is -0.586. The topological polar surface area (TPSA) is 64.6 Å². The lowest BCUT2D eigenvalue weighted by atomic mass is 10.1. The molecule has 1 amide bonds. The number of rotatable bonds is 4. The number of nitrogens with one attached hydrogen (secondary N) is 1. The Kier molecular flexibility index (Phi) is 6.16. The highest BCUT2D eigenvalue weighted by atomic mass is 16.6. The lowest BCUT2D eigenvalue weighted by Gasteiger charge is -2.22. The second-order valence-corrected chi connectivity index (χ2v) is 5.77. The van der Waals surface area contributed by atoms with E-state index in [1.165, 1.54) is 6.92 Å². The molecule has 0 aliphatic rings. The summed E-state index contributed by atoms with van der Waals surface area (Å²) in [4.78, 5) is 23.2. The molecule has 1 atom stereocenters. The molecule has 1 aromatic carbocycles. The number of carbonyl (C=O) groups excluding carboxylic acids is 2. The van der Waals surface area contributed by atoms with Crippen molar-refractivity contribution in [3.63, 3.8) is 0 Å². The third-order valence-electron chi connectivity index (χ3n) is 2.56. The minimum Gasteiger partial charge on any atom is -0.453 e. The van der Waals surface area contributed by atoms with E-state index in [2.05, 4.69) is 5.32 Å². The fourth-order valence-corrected chi connectivity index (χ4v) is 1.83. The molecule has 0 aromatic heterocycles. The summed E-state index contributed by atoms with van der Waals surface area (Å²) < 4.78 is 10.5. The fraction of sp³-hybridized carbons (Fsp3) is 0.412. The highest BCUT2D eigenvalue weighted by Crippen LogP contribution is 2.27. The van der Waals surface area contributed by atoms with Crippen molar-refractivity contribution in [1.82, 2.24) is 0 Å². The molecule has 0 saturated carbocycles. The van der Waals surface area contributed by atoms with Gasteiger partial charge < -0.3 is 9.47 Å².